The Labute approximate surface area is 121 Å². The zero-order chi connectivity index (χ0) is 14.7. The normalized spacial score (nSPS) is 13.2. The fraction of sp³-hybridized carbons (Fsp3) is 0.400. The van der Waals surface area contributed by atoms with E-state index in [1.165, 1.54) is 12.1 Å². The van der Waals surface area contributed by atoms with Gasteiger partial charge in [0.15, 0.2) is 0 Å². The van der Waals surface area contributed by atoms with Crippen molar-refractivity contribution >= 4 is 11.3 Å². The first-order valence-electron chi connectivity index (χ1n) is 6.53. The Morgan fingerprint density at radius 1 is 1.10 bits per heavy atom. The van der Waals surface area contributed by atoms with Gasteiger partial charge < -0.3 is 5.32 Å². The van der Waals surface area contributed by atoms with E-state index in [1.54, 1.807) is 23.5 Å². The van der Waals surface area contributed by atoms with Gasteiger partial charge in [0.05, 0.1) is 6.04 Å². The molecule has 5 heteroatoms. The van der Waals surface area contributed by atoms with Crippen LogP contribution in [0.15, 0.2) is 29.6 Å². The minimum Gasteiger partial charge on any atom is -0.302 e. The molecule has 0 saturated carbocycles. The molecule has 1 N–H and O–H groups in total. The molecular formula is C15H18F2N2S. The number of hydrogen-bond acceptors (Lipinski definition) is 3. The Morgan fingerprint density at radius 3 is 2.15 bits per heavy atom. The van der Waals surface area contributed by atoms with Gasteiger partial charge in [-0.2, -0.15) is 0 Å². The number of aryl methyl sites for hydroxylation is 1. The molecule has 0 bridgehead atoms. The van der Waals surface area contributed by atoms with Crippen molar-refractivity contribution in [1.29, 1.82) is 0 Å². The summed E-state index contributed by atoms with van der Waals surface area (Å²) >= 11 is 1.58. The number of alkyl halides is 2. The molecule has 1 aromatic carbocycles. The molecule has 1 unspecified atom stereocenters. The number of thiazole rings is 1. The van der Waals surface area contributed by atoms with Gasteiger partial charge in [-0.05, 0) is 26.3 Å². The van der Waals surface area contributed by atoms with Crippen LogP contribution in [0.2, 0.25) is 0 Å². The predicted octanol–water partition coefficient (Wildman–Crippen LogP) is 4.48. The first kappa shape index (κ1) is 15.1. The standard InChI is InChI=1S/C15H18F2N2S/c1-9(2)18-13(15-19-10(3)8-20-15)11-4-6-12(7-5-11)14(16)17/h4-9,13-14,18H,1-3H3. The van der Waals surface area contributed by atoms with Gasteiger partial charge in [0, 0.05) is 22.7 Å². The number of aromatic nitrogens is 1. The van der Waals surface area contributed by atoms with Crippen LogP contribution in [0.25, 0.3) is 0 Å². The summed E-state index contributed by atoms with van der Waals surface area (Å²) in [5.74, 6) is 0. The summed E-state index contributed by atoms with van der Waals surface area (Å²) < 4.78 is 25.2. The van der Waals surface area contributed by atoms with Crippen molar-refractivity contribution in [3.05, 3.63) is 51.5 Å². The first-order chi connectivity index (χ1) is 9.47. The highest BCUT2D eigenvalue weighted by Gasteiger charge is 2.18. The van der Waals surface area contributed by atoms with Gasteiger partial charge in [-0.1, -0.05) is 24.3 Å². The van der Waals surface area contributed by atoms with Crippen LogP contribution in [-0.2, 0) is 0 Å². The van der Waals surface area contributed by atoms with E-state index in [2.05, 4.69) is 24.1 Å². The van der Waals surface area contributed by atoms with Crippen LogP contribution in [0.1, 0.15) is 48.1 Å². The maximum absolute atomic E-state index is 12.6. The number of rotatable bonds is 5. The Morgan fingerprint density at radius 2 is 1.70 bits per heavy atom. The number of benzene rings is 1. The molecule has 0 fully saturated rings. The first-order valence-corrected chi connectivity index (χ1v) is 7.41. The summed E-state index contributed by atoms with van der Waals surface area (Å²) in [6, 6.07) is 6.68. The molecule has 2 aromatic rings. The number of halogens is 2. The van der Waals surface area contributed by atoms with Gasteiger partial charge in [0.2, 0.25) is 0 Å². The van der Waals surface area contributed by atoms with Gasteiger partial charge in [0.25, 0.3) is 6.43 Å². The van der Waals surface area contributed by atoms with Crippen molar-refractivity contribution in [2.24, 2.45) is 0 Å². The molecule has 0 saturated heterocycles. The maximum Gasteiger partial charge on any atom is 0.263 e. The number of nitrogens with zero attached hydrogens (tertiary/aromatic N) is 1. The molecule has 2 rings (SSSR count). The summed E-state index contributed by atoms with van der Waals surface area (Å²) in [5, 5.41) is 6.39. The summed E-state index contributed by atoms with van der Waals surface area (Å²) in [6.07, 6.45) is -2.43. The molecule has 20 heavy (non-hydrogen) atoms. The second kappa shape index (κ2) is 6.41. The molecule has 108 valence electrons. The smallest absolute Gasteiger partial charge is 0.263 e. The number of hydrogen-bond donors (Lipinski definition) is 1. The molecule has 0 amide bonds. The highest BCUT2D eigenvalue weighted by Crippen LogP contribution is 2.27. The van der Waals surface area contributed by atoms with Crippen LogP contribution in [0.5, 0.6) is 0 Å². The Hall–Kier alpha value is -1.33. The minimum absolute atomic E-state index is 0.0485. The molecule has 0 aliphatic carbocycles. The molecule has 1 heterocycles. The van der Waals surface area contributed by atoms with Gasteiger partial charge in [-0.15, -0.1) is 11.3 Å². The van der Waals surface area contributed by atoms with Crippen LogP contribution in [-0.4, -0.2) is 11.0 Å². The zero-order valence-corrected chi connectivity index (χ0v) is 12.5. The van der Waals surface area contributed by atoms with Crippen LogP contribution in [0, 0.1) is 6.92 Å². The molecule has 1 atom stereocenters. The predicted molar refractivity (Wildman–Crippen MR) is 78.4 cm³/mol. The fourth-order valence-corrected chi connectivity index (χ4v) is 2.86. The van der Waals surface area contributed by atoms with E-state index in [-0.39, 0.29) is 17.6 Å². The van der Waals surface area contributed by atoms with E-state index >= 15 is 0 Å². The van der Waals surface area contributed by atoms with Crippen LogP contribution >= 0.6 is 11.3 Å². The van der Waals surface area contributed by atoms with Crippen molar-refractivity contribution in [2.75, 3.05) is 0 Å². The molecule has 0 spiro atoms. The molecule has 0 radical (unpaired) electrons. The van der Waals surface area contributed by atoms with Gasteiger partial charge in [0.1, 0.15) is 5.01 Å². The van der Waals surface area contributed by atoms with Gasteiger partial charge in [-0.25, -0.2) is 13.8 Å². The van der Waals surface area contributed by atoms with Gasteiger partial charge in [-0.3, -0.25) is 0 Å². The van der Waals surface area contributed by atoms with Crippen molar-refractivity contribution in [2.45, 2.75) is 39.3 Å². The molecule has 0 aliphatic heterocycles. The third-order valence-electron chi connectivity index (χ3n) is 2.91. The Bertz CT molecular complexity index is 549. The van der Waals surface area contributed by atoms with Crippen LogP contribution in [0.4, 0.5) is 8.78 Å². The Balaban J connectivity index is 2.31. The van der Waals surface area contributed by atoms with E-state index in [9.17, 15) is 8.78 Å². The summed E-state index contributed by atoms with van der Waals surface area (Å²) in [6.45, 7) is 6.06. The third-order valence-corrected chi connectivity index (χ3v) is 3.93. The molecule has 0 aliphatic rings. The number of nitrogens with one attached hydrogen (secondary N) is 1. The van der Waals surface area contributed by atoms with Gasteiger partial charge >= 0.3 is 0 Å². The maximum atomic E-state index is 12.6. The summed E-state index contributed by atoms with van der Waals surface area (Å²) in [7, 11) is 0. The molecule has 2 nitrogen and oxygen atoms in total. The van der Waals surface area contributed by atoms with Crippen molar-refractivity contribution in [3.63, 3.8) is 0 Å². The average molecular weight is 296 g/mol. The second-order valence-electron chi connectivity index (χ2n) is 5.05. The highest BCUT2D eigenvalue weighted by molar-refractivity contribution is 7.09. The molecular weight excluding hydrogens is 278 g/mol. The van der Waals surface area contributed by atoms with E-state index < -0.39 is 6.43 Å². The third kappa shape index (κ3) is 3.61. The SMILES string of the molecule is Cc1csc(C(NC(C)C)c2ccc(C(F)F)cc2)n1. The lowest BCUT2D eigenvalue weighted by Crippen LogP contribution is -2.28. The van der Waals surface area contributed by atoms with Crippen LogP contribution < -0.4 is 5.32 Å². The lowest BCUT2D eigenvalue weighted by molar-refractivity contribution is 0.151. The lowest BCUT2D eigenvalue weighted by atomic mass is 10.0. The van der Waals surface area contributed by atoms with Crippen molar-refractivity contribution in [3.8, 4) is 0 Å². The minimum atomic E-state index is -2.43. The lowest BCUT2D eigenvalue weighted by Gasteiger charge is -2.20. The highest BCUT2D eigenvalue weighted by atomic mass is 32.1. The van der Waals surface area contributed by atoms with Crippen molar-refractivity contribution in [1.82, 2.24) is 10.3 Å². The monoisotopic (exact) mass is 296 g/mol. The molecule has 1 aromatic heterocycles. The average Bonchev–Trinajstić information content (AvgIpc) is 2.82. The topological polar surface area (TPSA) is 24.9 Å². The van der Waals surface area contributed by atoms with Crippen LogP contribution in [0.3, 0.4) is 0 Å². The van der Waals surface area contributed by atoms with E-state index in [1.807, 2.05) is 12.3 Å². The van der Waals surface area contributed by atoms with E-state index in [4.69, 9.17) is 0 Å². The summed E-state index contributed by atoms with van der Waals surface area (Å²) in [4.78, 5) is 4.51. The van der Waals surface area contributed by atoms with Crippen molar-refractivity contribution < 1.29 is 8.78 Å². The van der Waals surface area contributed by atoms with E-state index in [0.717, 1.165) is 16.3 Å². The Kier molecular flexibility index (Phi) is 4.83. The quantitative estimate of drug-likeness (QED) is 0.880. The fourth-order valence-electron chi connectivity index (χ4n) is 1.98. The van der Waals surface area contributed by atoms with E-state index in [0.29, 0.717) is 0 Å². The largest absolute Gasteiger partial charge is 0.302 e. The second-order valence-corrected chi connectivity index (χ2v) is 5.94. The summed E-state index contributed by atoms with van der Waals surface area (Å²) in [5.41, 5.74) is 1.98. The zero-order valence-electron chi connectivity index (χ0n) is 11.7.